The second-order valence-corrected chi connectivity index (χ2v) is 3.16. The molecule has 2 N–H and O–H groups in total. The first-order valence-corrected chi connectivity index (χ1v) is 4.92. The van der Waals surface area contributed by atoms with Crippen LogP contribution in [0.1, 0.15) is 10.4 Å². The Morgan fingerprint density at radius 2 is 2.29 bits per heavy atom. The summed E-state index contributed by atoms with van der Waals surface area (Å²) in [4.78, 5) is 24.7. The Morgan fingerprint density at radius 1 is 1.53 bits per heavy atom. The van der Waals surface area contributed by atoms with Gasteiger partial charge in [0.25, 0.3) is 12.3 Å². The number of ether oxygens (including phenoxy) is 1. The summed E-state index contributed by atoms with van der Waals surface area (Å²) in [5, 5.41) is 2.44. The highest BCUT2D eigenvalue weighted by Crippen LogP contribution is 1.93. The van der Waals surface area contributed by atoms with Gasteiger partial charge < -0.3 is 15.0 Å². The average molecular weight is 246 g/mol. The number of alkyl halides is 2. The van der Waals surface area contributed by atoms with E-state index in [2.05, 4.69) is 15.0 Å². The van der Waals surface area contributed by atoms with Crippen LogP contribution in [0.25, 0.3) is 0 Å². The van der Waals surface area contributed by atoms with Crippen LogP contribution in [-0.4, -0.2) is 37.1 Å². The van der Waals surface area contributed by atoms with Gasteiger partial charge in [-0.05, 0) is 6.07 Å². The normalized spacial score (nSPS) is 10.5. The van der Waals surface area contributed by atoms with Crippen molar-refractivity contribution in [1.29, 1.82) is 0 Å². The lowest BCUT2D eigenvalue weighted by atomic mass is 10.2. The van der Waals surface area contributed by atoms with Gasteiger partial charge in [0.2, 0.25) is 5.56 Å². The molecule has 17 heavy (non-hydrogen) atoms. The van der Waals surface area contributed by atoms with Crippen LogP contribution in [0.15, 0.2) is 23.1 Å². The van der Waals surface area contributed by atoms with E-state index in [0.29, 0.717) is 0 Å². The SMILES string of the molecule is O=C(NCCOCC(F)F)c1cc[nH]c(=O)c1. The summed E-state index contributed by atoms with van der Waals surface area (Å²) >= 11 is 0. The van der Waals surface area contributed by atoms with Gasteiger partial charge in [0.15, 0.2) is 0 Å². The first kappa shape index (κ1) is 13.3. The predicted octanol–water partition coefficient (Wildman–Crippen LogP) is 0.386. The largest absolute Gasteiger partial charge is 0.374 e. The van der Waals surface area contributed by atoms with Crippen LogP contribution >= 0.6 is 0 Å². The standard InChI is InChI=1S/C10H12F2N2O3/c11-8(12)6-17-4-3-14-10(16)7-1-2-13-9(15)5-7/h1-2,5,8H,3-4,6H2,(H,13,15)(H,14,16). The van der Waals surface area contributed by atoms with Gasteiger partial charge >= 0.3 is 0 Å². The Kier molecular flexibility index (Phi) is 5.28. The molecule has 0 atom stereocenters. The molecule has 1 amide bonds. The maximum Gasteiger partial charge on any atom is 0.261 e. The number of aromatic amines is 1. The summed E-state index contributed by atoms with van der Waals surface area (Å²) < 4.78 is 27.9. The molecule has 1 heterocycles. The van der Waals surface area contributed by atoms with Crippen LogP contribution < -0.4 is 10.9 Å². The van der Waals surface area contributed by atoms with E-state index in [9.17, 15) is 18.4 Å². The Morgan fingerprint density at radius 3 is 2.94 bits per heavy atom. The zero-order valence-corrected chi connectivity index (χ0v) is 8.91. The number of hydrogen-bond donors (Lipinski definition) is 2. The van der Waals surface area contributed by atoms with Crippen molar-refractivity contribution in [3.05, 3.63) is 34.2 Å². The fourth-order valence-corrected chi connectivity index (χ4v) is 1.10. The molecule has 0 saturated carbocycles. The fourth-order valence-electron chi connectivity index (χ4n) is 1.10. The first-order chi connectivity index (χ1) is 8.09. The van der Waals surface area contributed by atoms with E-state index in [4.69, 9.17) is 0 Å². The second-order valence-electron chi connectivity index (χ2n) is 3.16. The fraction of sp³-hybridized carbons (Fsp3) is 0.400. The summed E-state index contributed by atoms with van der Waals surface area (Å²) in [5.74, 6) is -0.447. The van der Waals surface area contributed by atoms with Gasteiger partial charge in [0.1, 0.15) is 6.61 Å². The molecule has 0 aromatic carbocycles. The minimum atomic E-state index is -2.52. The van der Waals surface area contributed by atoms with Crippen molar-refractivity contribution in [2.45, 2.75) is 6.43 Å². The van der Waals surface area contributed by atoms with Gasteiger partial charge in [-0.25, -0.2) is 8.78 Å². The number of amides is 1. The van der Waals surface area contributed by atoms with Gasteiger partial charge in [-0.3, -0.25) is 9.59 Å². The van der Waals surface area contributed by atoms with E-state index in [1.807, 2.05) is 0 Å². The molecule has 0 aliphatic heterocycles. The molecular formula is C10H12F2N2O3. The number of hydrogen-bond acceptors (Lipinski definition) is 3. The van der Waals surface area contributed by atoms with Gasteiger partial charge in [-0.15, -0.1) is 0 Å². The minimum Gasteiger partial charge on any atom is -0.374 e. The molecule has 94 valence electrons. The third-order valence-corrected chi connectivity index (χ3v) is 1.81. The monoisotopic (exact) mass is 246 g/mol. The van der Waals surface area contributed by atoms with E-state index in [-0.39, 0.29) is 24.3 Å². The van der Waals surface area contributed by atoms with Crippen molar-refractivity contribution < 1.29 is 18.3 Å². The van der Waals surface area contributed by atoms with Crippen LogP contribution in [0, 0.1) is 0 Å². The lowest BCUT2D eigenvalue weighted by molar-refractivity contribution is 0.0188. The number of aromatic nitrogens is 1. The summed E-state index contributed by atoms with van der Waals surface area (Å²) in [6, 6.07) is 2.59. The Labute approximate surface area is 95.8 Å². The number of H-pyrrole nitrogens is 1. The van der Waals surface area contributed by atoms with Crippen molar-refractivity contribution >= 4 is 5.91 Å². The van der Waals surface area contributed by atoms with Gasteiger partial charge in [0, 0.05) is 24.4 Å². The molecule has 0 bridgehead atoms. The molecule has 1 rings (SSSR count). The lowest BCUT2D eigenvalue weighted by Gasteiger charge is -2.05. The zero-order valence-electron chi connectivity index (χ0n) is 8.91. The summed E-state index contributed by atoms with van der Waals surface area (Å²) in [5.41, 5.74) is -0.172. The van der Waals surface area contributed by atoms with E-state index in [1.165, 1.54) is 12.3 Å². The Hall–Kier alpha value is -1.76. The van der Waals surface area contributed by atoms with Crippen molar-refractivity contribution in [3.63, 3.8) is 0 Å². The molecule has 0 spiro atoms. The van der Waals surface area contributed by atoms with E-state index < -0.39 is 18.9 Å². The maximum atomic E-state index is 11.7. The molecule has 0 aliphatic carbocycles. The van der Waals surface area contributed by atoms with Crippen LogP contribution in [0.4, 0.5) is 8.78 Å². The molecule has 0 fully saturated rings. The summed E-state index contributed by atoms with van der Waals surface area (Å²) in [7, 11) is 0. The molecule has 5 nitrogen and oxygen atoms in total. The third kappa shape index (κ3) is 5.21. The first-order valence-electron chi connectivity index (χ1n) is 4.92. The summed E-state index contributed by atoms with van der Waals surface area (Å²) in [6.45, 7) is -0.543. The molecule has 0 radical (unpaired) electrons. The van der Waals surface area contributed by atoms with Gasteiger partial charge in [-0.1, -0.05) is 0 Å². The number of nitrogens with one attached hydrogen (secondary N) is 2. The van der Waals surface area contributed by atoms with Crippen molar-refractivity contribution in [2.75, 3.05) is 19.8 Å². The highest BCUT2D eigenvalue weighted by Gasteiger charge is 2.05. The van der Waals surface area contributed by atoms with Crippen molar-refractivity contribution in [3.8, 4) is 0 Å². The van der Waals surface area contributed by atoms with Crippen molar-refractivity contribution in [1.82, 2.24) is 10.3 Å². The molecule has 1 aromatic heterocycles. The Bertz CT molecular complexity index is 420. The number of pyridine rings is 1. The highest BCUT2D eigenvalue weighted by molar-refractivity contribution is 5.93. The van der Waals surface area contributed by atoms with Crippen LogP contribution in [0.5, 0.6) is 0 Å². The highest BCUT2D eigenvalue weighted by atomic mass is 19.3. The summed E-state index contributed by atoms with van der Waals surface area (Å²) in [6.07, 6.45) is -1.16. The molecular weight excluding hydrogens is 234 g/mol. The molecule has 7 heteroatoms. The second kappa shape index (κ2) is 6.74. The van der Waals surface area contributed by atoms with Crippen LogP contribution in [0.2, 0.25) is 0 Å². The smallest absolute Gasteiger partial charge is 0.261 e. The van der Waals surface area contributed by atoms with Gasteiger partial charge in [-0.2, -0.15) is 0 Å². The molecule has 0 saturated heterocycles. The van der Waals surface area contributed by atoms with E-state index >= 15 is 0 Å². The number of halogens is 2. The molecule has 0 unspecified atom stereocenters. The minimum absolute atomic E-state index is 0.000723. The molecule has 0 aliphatic rings. The van der Waals surface area contributed by atoms with Gasteiger partial charge in [0.05, 0.1) is 6.61 Å². The van der Waals surface area contributed by atoms with Crippen LogP contribution in [0.3, 0.4) is 0 Å². The van der Waals surface area contributed by atoms with E-state index in [0.717, 1.165) is 6.07 Å². The quantitative estimate of drug-likeness (QED) is 0.713. The molecule has 1 aromatic rings. The Balaban J connectivity index is 2.28. The third-order valence-electron chi connectivity index (χ3n) is 1.81. The van der Waals surface area contributed by atoms with E-state index in [1.54, 1.807) is 0 Å². The maximum absolute atomic E-state index is 11.7. The lowest BCUT2D eigenvalue weighted by Crippen LogP contribution is -2.28. The zero-order chi connectivity index (χ0) is 12.7. The topological polar surface area (TPSA) is 71.2 Å². The number of rotatable bonds is 6. The number of carbonyl (C=O) groups excluding carboxylic acids is 1. The average Bonchev–Trinajstić information content (AvgIpc) is 2.28. The number of carbonyl (C=O) groups is 1. The predicted molar refractivity (Wildman–Crippen MR) is 56.2 cm³/mol. The van der Waals surface area contributed by atoms with Crippen molar-refractivity contribution in [2.24, 2.45) is 0 Å². The van der Waals surface area contributed by atoms with Crippen LogP contribution in [-0.2, 0) is 4.74 Å².